The van der Waals surface area contributed by atoms with Gasteiger partial charge in [-0.05, 0) is 12.5 Å². The van der Waals surface area contributed by atoms with Gasteiger partial charge in [0.15, 0.2) is 0 Å². The number of nitrogen functional groups attached to an aromatic ring is 1. The van der Waals surface area contributed by atoms with E-state index in [1.54, 1.807) is 7.05 Å². The minimum absolute atomic E-state index is 0.0733. The van der Waals surface area contributed by atoms with E-state index in [4.69, 9.17) is 5.73 Å². The van der Waals surface area contributed by atoms with Gasteiger partial charge in [0.25, 0.3) is 5.56 Å². The molecule has 0 aliphatic heterocycles. The molecule has 0 radical (unpaired) electrons. The molecule has 0 fully saturated rings. The third-order valence-corrected chi connectivity index (χ3v) is 2.82. The smallest absolute Gasteiger partial charge is 0.331 e. The van der Waals surface area contributed by atoms with Crippen LogP contribution in [0.25, 0.3) is 0 Å². The van der Waals surface area contributed by atoms with E-state index in [0.717, 1.165) is 15.7 Å². The fraction of sp³-hybridized carbons (Fsp3) is 0.231. The molecule has 2 rings (SSSR count). The third-order valence-electron chi connectivity index (χ3n) is 2.82. The Morgan fingerprint density at radius 2 is 1.78 bits per heavy atom. The number of hydrogen-bond donors (Lipinski definition) is 1. The van der Waals surface area contributed by atoms with Crippen LogP contribution in [0.3, 0.4) is 0 Å². The number of nitrogens with two attached hydrogens (primary N) is 1. The molecule has 0 amide bonds. The summed E-state index contributed by atoms with van der Waals surface area (Å²) in [5, 5.41) is 0. The van der Waals surface area contributed by atoms with E-state index in [0.29, 0.717) is 0 Å². The predicted octanol–water partition coefficient (Wildman–Crippen LogP) is 0.486. The molecule has 18 heavy (non-hydrogen) atoms. The van der Waals surface area contributed by atoms with Gasteiger partial charge < -0.3 is 10.3 Å². The van der Waals surface area contributed by atoms with Gasteiger partial charge in [0.2, 0.25) is 0 Å². The van der Waals surface area contributed by atoms with E-state index in [1.165, 1.54) is 10.8 Å². The van der Waals surface area contributed by atoms with Crippen LogP contribution in [-0.2, 0) is 13.6 Å². The normalized spacial score (nSPS) is 10.6. The van der Waals surface area contributed by atoms with Crippen LogP contribution in [0, 0.1) is 6.92 Å². The van der Waals surface area contributed by atoms with Crippen LogP contribution in [0.15, 0.2) is 40.1 Å². The molecule has 2 N–H and O–H groups in total. The number of aryl methyl sites for hydroxylation is 2. The molecule has 0 aliphatic rings. The number of nitrogens with zero attached hydrogens (tertiary/aromatic N) is 2. The molecule has 5 heteroatoms. The molecule has 0 atom stereocenters. The van der Waals surface area contributed by atoms with Crippen molar-refractivity contribution in [2.45, 2.75) is 13.5 Å². The van der Waals surface area contributed by atoms with Gasteiger partial charge in [-0.2, -0.15) is 0 Å². The van der Waals surface area contributed by atoms with Crippen molar-refractivity contribution in [1.29, 1.82) is 0 Å². The van der Waals surface area contributed by atoms with Crippen molar-refractivity contribution in [3.63, 3.8) is 0 Å². The Balaban J connectivity index is 2.50. The topological polar surface area (TPSA) is 70.0 Å². The molecule has 2 aromatic rings. The minimum Gasteiger partial charge on any atom is -0.393 e. The Morgan fingerprint density at radius 3 is 2.39 bits per heavy atom. The Hall–Kier alpha value is -2.30. The lowest BCUT2D eigenvalue weighted by Crippen LogP contribution is -2.39. The summed E-state index contributed by atoms with van der Waals surface area (Å²) in [6.45, 7) is 2.21. The fourth-order valence-electron chi connectivity index (χ4n) is 1.77. The number of hydrogen-bond acceptors (Lipinski definition) is 3. The number of aromatic nitrogens is 2. The van der Waals surface area contributed by atoms with Crippen LogP contribution in [0.2, 0.25) is 0 Å². The maximum absolute atomic E-state index is 11.9. The summed E-state index contributed by atoms with van der Waals surface area (Å²) in [7, 11) is 1.57. The summed E-state index contributed by atoms with van der Waals surface area (Å²) < 4.78 is 2.45. The average Bonchev–Trinajstić information content (AvgIpc) is 2.34. The van der Waals surface area contributed by atoms with Gasteiger partial charge in [0.1, 0.15) is 5.69 Å². The van der Waals surface area contributed by atoms with E-state index >= 15 is 0 Å². The van der Waals surface area contributed by atoms with Gasteiger partial charge >= 0.3 is 5.69 Å². The second kappa shape index (κ2) is 4.52. The highest BCUT2D eigenvalue weighted by Crippen LogP contribution is 2.03. The largest absolute Gasteiger partial charge is 0.393 e. The van der Waals surface area contributed by atoms with Crippen molar-refractivity contribution in [1.82, 2.24) is 9.13 Å². The first-order valence-corrected chi connectivity index (χ1v) is 5.60. The van der Waals surface area contributed by atoms with Crippen molar-refractivity contribution in [3.05, 3.63) is 62.4 Å². The first-order chi connectivity index (χ1) is 8.49. The predicted molar refractivity (Wildman–Crippen MR) is 70.6 cm³/mol. The molecule has 1 heterocycles. The van der Waals surface area contributed by atoms with Crippen LogP contribution in [-0.4, -0.2) is 9.13 Å². The fourth-order valence-corrected chi connectivity index (χ4v) is 1.77. The lowest BCUT2D eigenvalue weighted by molar-refractivity contribution is 0.643. The lowest BCUT2D eigenvalue weighted by atomic mass is 10.1. The molecule has 1 aromatic carbocycles. The first kappa shape index (κ1) is 12.2. The molecule has 5 nitrogen and oxygen atoms in total. The van der Waals surface area contributed by atoms with Gasteiger partial charge in [-0.25, -0.2) is 4.79 Å². The summed E-state index contributed by atoms with van der Waals surface area (Å²) in [4.78, 5) is 23.7. The molecule has 0 spiro atoms. The van der Waals surface area contributed by atoms with E-state index < -0.39 is 5.56 Å². The zero-order chi connectivity index (χ0) is 13.3. The number of rotatable bonds is 2. The minimum atomic E-state index is -0.446. The van der Waals surface area contributed by atoms with Crippen molar-refractivity contribution in [2.75, 3.05) is 5.73 Å². The molecule has 0 bridgehead atoms. The zero-order valence-corrected chi connectivity index (χ0v) is 10.4. The SMILES string of the molecule is Cc1ccc(Cn2c(=O)c(N)cn(C)c2=O)cc1. The molecule has 0 saturated carbocycles. The van der Waals surface area contributed by atoms with Gasteiger partial charge in [-0.1, -0.05) is 29.8 Å². The van der Waals surface area contributed by atoms with Crippen LogP contribution in [0.1, 0.15) is 11.1 Å². The van der Waals surface area contributed by atoms with Gasteiger partial charge in [0, 0.05) is 13.2 Å². The number of anilines is 1. The summed E-state index contributed by atoms with van der Waals surface area (Å²) in [6.07, 6.45) is 1.34. The molecule has 0 saturated heterocycles. The van der Waals surface area contributed by atoms with Crippen LogP contribution in [0.5, 0.6) is 0 Å². The summed E-state index contributed by atoms with van der Waals surface area (Å²) in [6, 6.07) is 7.67. The van der Waals surface area contributed by atoms with Gasteiger partial charge in [-0.15, -0.1) is 0 Å². The highest BCUT2D eigenvalue weighted by Gasteiger charge is 2.07. The van der Waals surface area contributed by atoms with Crippen molar-refractivity contribution >= 4 is 5.69 Å². The van der Waals surface area contributed by atoms with Crippen LogP contribution < -0.4 is 17.0 Å². The van der Waals surface area contributed by atoms with Gasteiger partial charge in [0.05, 0.1) is 6.54 Å². The molecular formula is C13H15N3O2. The molecule has 0 unspecified atom stereocenters. The maximum atomic E-state index is 11.9. The number of benzene rings is 1. The Morgan fingerprint density at radius 1 is 1.17 bits per heavy atom. The van der Waals surface area contributed by atoms with Crippen molar-refractivity contribution in [3.8, 4) is 0 Å². The second-order valence-corrected chi connectivity index (χ2v) is 4.35. The van der Waals surface area contributed by atoms with Gasteiger partial charge in [-0.3, -0.25) is 9.36 Å². The van der Waals surface area contributed by atoms with Crippen LogP contribution >= 0.6 is 0 Å². The highest BCUT2D eigenvalue weighted by atomic mass is 16.2. The highest BCUT2D eigenvalue weighted by molar-refractivity contribution is 5.31. The molecule has 1 aromatic heterocycles. The van der Waals surface area contributed by atoms with E-state index in [2.05, 4.69) is 0 Å². The van der Waals surface area contributed by atoms with Crippen molar-refractivity contribution in [2.24, 2.45) is 7.05 Å². The second-order valence-electron chi connectivity index (χ2n) is 4.35. The summed E-state index contributed by atoms with van der Waals surface area (Å²) in [5.74, 6) is 0. The Kier molecular flexibility index (Phi) is 3.06. The van der Waals surface area contributed by atoms with Crippen molar-refractivity contribution < 1.29 is 0 Å². The summed E-state index contributed by atoms with van der Waals surface area (Å²) in [5.41, 5.74) is 6.86. The standard InChI is InChI=1S/C13H15N3O2/c1-9-3-5-10(6-4-9)7-16-12(17)11(14)8-15(2)13(16)18/h3-6,8H,7,14H2,1-2H3. The van der Waals surface area contributed by atoms with E-state index in [9.17, 15) is 9.59 Å². The quantitative estimate of drug-likeness (QED) is 0.837. The summed E-state index contributed by atoms with van der Waals surface area (Å²) >= 11 is 0. The zero-order valence-electron chi connectivity index (χ0n) is 10.4. The van der Waals surface area contributed by atoms with Crippen LogP contribution in [0.4, 0.5) is 5.69 Å². The molecule has 0 aliphatic carbocycles. The van der Waals surface area contributed by atoms with E-state index in [1.807, 2.05) is 31.2 Å². The third kappa shape index (κ3) is 2.20. The Bertz CT molecular complexity index is 647. The Labute approximate surface area is 104 Å². The van der Waals surface area contributed by atoms with E-state index in [-0.39, 0.29) is 17.9 Å². The maximum Gasteiger partial charge on any atom is 0.331 e. The molecular weight excluding hydrogens is 230 g/mol. The lowest BCUT2D eigenvalue weighted by Gasteiger charge is -2.08. The monoisotopic (exact) mass is 245 g/mol. The average molecular weight is 245 g/mol. The first-order valence-electron chi connectivity index (χ1n) is 5.60. The molecule has 94 valence electrons.